The molecule has 3 aromatic rings. The highest BCUT2D eigenvalue weighted by molar-refractivity contribution is 6.30. The predicted molar refractivity (Wildman–Crippen MR) is 124 cm³/mol. The highest BCUT2D eigenvalue weighted by Gasteiger charge is 2.35. The number of ketones is 1. The molecule has 8 heteroatoms. The van der Waals surface area contributed by atoms with E-state index in [0.29, 0.717) is 41.6 Å². The Bertz CT molecular complexity index is 1250. The molecule has 1 aliphatic heterocycles. The van der Waals surface area contributed by atoms with E-state index in [9.17, 15) is 14.4 Å². The van der Waals surface area contributed by atoms with E-state index >= 15 is 0 Å². The zero-order valence-corrected chi connectivity index (χ0v) is 19.0. The van der Waals surface area contributed by atoms with Gasteiger partial charge in [0.05, 0.1) is 14.2 Å². The summed E-state index contributed by atoms with van der Waals surface area (Å²) in [7, 11) is 3.13. The largest absolute Gasteiger partial charge is 0.493 e. The third-order valence-electron chi connectivity index (χ3n) is 5.77. The molecule has 1 aliphatic rings. The molecule has 1 unspecified atom stereocenters. The minimum atomic E-state index is -1.32. The van der Waals surface area contributed by atoms with Gasteiger partial charge in [-0.2, -0.15) is 0 Å². The molecule has 0 saturated carbocycles. The molecule has 2 heterocycles. The lowest BCUT2D eigenvalue weighted by Gasteiger charge is -2.32. The van der Waals surface area contributed by atoms with Crippen molar-refractivity contribution >= 4 is 23.3 Å². The molecular weight excluding hydrogens is 444 g/mol. The molecule has 0 bridgehead atoms. The van der Waals surface area contributed by atoms with Crippen molar-refractivity contribution in [3.8, 4) is 11.5 Å². The lowest BCUT2D eigenvalue weighted by atomic mass is 9.96. The van der Waals surface area contributed by atoms with E-state index in [1.807, 2.05) is 12.1 Å². The Morgan fingerprint density at radius 1 is 0.970 bits per heavy atom. The molecule has 7 nitrogen and oxygen atoms in total. The zero-order chi connectivity index (χ0) is 23.5. The summed E-state index contributed by atoms with van der Waals surface area (Å²) in [5, 5.41) is 0.475. The molecule has 1 atom stereocenters. The highest BCUT2D eigenvalue weighted by atomic mass is 35.5. The van der Waals surface area contributed by atoms with Crippen LogP contribution in [0.15, 0.2) is 65.6 Å². The van der Waals surface area contributed by atoms with Crippen LogP contribution < -0.4 is 15.0 Å². The number of benzene rings is 2. The standard InChI is InChI=1S/C25H23ClN2O5/c1-32-20-13-17-10-12-27(15-18(17)14-21(20)33-2)25(31)23(28-11-4-3-5-22(28)29)24(30)16-6-8-19(26)9-7-16/h3-9,11,13-14,23H,10,12,15H2,1-2H3. The van der Waals surface area contributed by atoms with Crippen LogP contribution in [0.1, 0.15) is 27.5 Å². The number of hydrogen-bond acceptors (Lipinski definition) is 5. The van der Waals surface area contributed by atoms with Crippen molar-refractivity contribution in [1.82, 2.24) is 9.47 Å². The maximum absolute atomic E-state index is 13.7. The van der Waals surface area contributed by atoms with E-state index in [-0.39, 0.29) is 0 Å². The average Bonchev–Trinajstić information content (AvgIpc) is 2.84. The number of Topliss-reactive ketones (excluding diaryl/α,β-unsaturated/α-hetero) is 1. The fourth-order valence-corrected chi connectivity index (χ4v) is 4.15. The third kappa shape index (κ3) is 4.50. The molecule has 4 rings (SSSR count). The van der Waals surface area contributed by atoms with Crippen molar-refractivity contribution in [2.45, 2.75) is 19.0 Å². The topological polar surface area (TPSA) is 77.8 Å². The minimum Gasteiger partial charge on any atom is -0.493 e. The summed E-state index contributed by atoms with van der Waals surface area (Å²) < 4.78 is 12.0. The van der Waals surface area contributed by atoms with Gasteiger partial charge in [-0.3, -0.25) is 19.0 Å². The van der Waals surface area contributed by atoms with Crippen molar-refractivity contribution < 1.29 is 19.1 Å². The van der Waals surface area contributed by atoms with Gasteiger partial charge in [-0.05, 0) is 60.0 Å². The molecule has 1 aromatic heterocycles. The number of ether oxygens (including phenoxy) is 2. The van der Waals surface area contributed by atoms with Gasteiger partial charge in [-0.25, -0.2) is 0 Å². The number of fused-ring (bicyclic) bond motifs is 1. The Balaban J connectivity index is 1.70. The third-order valence-corrected chi connectivity index (χ3v) is 6.02. The van der Waals surface area contributed by atoms with Gasteiger partial charge in [0, 0.05) is 35.9 Å². The second kappa shape index (κ2) is 9.50. The normalized spacial score (nSPS) is 13.7. The van der Waals surface area contributed by atoms with E-state index in [1.165, 1.54) is 16.8 Å². The summed E-state index contributed by atoms with van der Waals surface area (Å²) >= 11 is 5.96. The van der Waals surface area contributed by atoms with E-state index < -0.39 is 23.3 Å². The lowest BCUT2D eigenvalue weighted by molar-refractivity contribution is -0.134. The summed E-state index contributed by atoms with van der Waals surface area (Å²) in [5.74, 6) is 0.285. The molecule has 170 valence electrons. The van der Waals surface area contributed by atoms with E-state index in [2.05, 4.69) is 0 Å². The Morgan fingerprint density at radius 3 is 2.27 bits per heavy atom. The molecule has 0 spiro atoms. The van der Waals surface area contributed by atoms with Crippen LogP contribution in [0.2, 0.25) is 5.02 Å². The number of methoxy groups -OCH3 is 2. The average molecular weight is 467 g/mol. The van der Waals surface area contributed by atoms with Crippen LogP contribution in [0.25, 0.3) is 0 Å². The second-order valence-corrected chi connectivity index (χ2v) is 8.14. The van der Waals surface area contributed by atoms with Crippen LogP contribution in [-0.2, 0) is 17.8 Å². The van der Waals surface area contributed by atoms with Crippen molar-refractivity contribution in [1.29, 1.82) is 0 Å². The Labute approximate surface area is 196 Å². The SMILES string of the molecule is COc1cc2c(cc1OC)CN(C(=O)C(C(=O)c1ccc(Cl)cc1)n1ccccc1=O)CC2. The highest BCUT2D eigenvalue weighted by Crippen LogP contribution is 2.34. The van der Waals surface area contributed by atoms with Gasteiger partial charge in [0.2, 0.25) is 0 Å². The van der Waals surface area contributed by atoms with Crippen LogP contribution in [-0.4, -0.2) is 41.9 Å². The van der Waals surface area contributed by atoms with E-state index in [1.54, 1.807) is 55.5 Å². The van der Waals surface area contributed by atoms with Crippen LogP contribution in [0, 0.1) is 0 Å². The maximum Gasteiger partial charge on any atom is 0.254 e. The number of amides is 1. The van der Waals surface area contributed by atoms with E-state index in [0.717, 1.165) is 11.1 Å². The number of carbonyl (C=O) groups excluding carboxylic acids is 2. The first-order chi connectivity index (χ1) is 15.9. The van der Waals surface area contributed by atoms with Gasteiger partial charge in [0.1, 0.15) is 0 Å². The number of hydrogen-bond donors (Lipinski definition) is 0. The number of aromatic nitrogens is 1. The Morgan fingerprint density at radius 2 is 1.64 bits per heavy atom. The van der Waals surface area contributed by atoms with Crippen molar-refractivity contribution in [2.75, 3.05) is 20.8 Å². The summed E-state index contributed by atoms with van der Waals surface area (Å²) in [6.45, 7) is 0.702. The Hall–Kier alpha value is -3.58. The first kappa shape index (κ1) is 22.6. The van der Waals surface area contributed by atoms with Crippen LogP contribution in [0.4, 0.5) is 0 Å². The number of nitrogens with zero attached hydrogens (tertiary/aromatic N) is 2. The molecule has 33 heavy (non-hydrogen) atoms. The fraction of sp³-hybridized carbons (Fsp3) is 0.240. The van der Waals surface area contributed by atoms with Gasteiger partial charge in [-0.1, -0.05) is 17.7 Å². The fourth-order valence-electron chi connectivity index (χ4n) is 4.03. The summed E-state index contributed by atoms with van der Waals surface area (Å²) in [5.41, 5.74) is 1.83. The summed E-state index contributed by atoms with van der Waals surface area (Å²) in [6, 6.07) is 13.3. The molecular formula is C25H23ClN2O5. The van der Waals surface area contributed by atoms with Crippen LogP contribution in [0.3, 0.4) is 0 Å². The number of pyridine rings is 1. The number of carbonyl (C=O) groups is 2. The molecule has 2 aromatic carbocycles. The Kier molecular flexibility index (Phi) is 6.51. The predicted octanol–water partition coefficient (Wildman–Crippen LogP) is 3.53. The van der Waals surface area contributed by atoms with Gasteiger partial charge in [0.25, 0.3) is 11.5 Å². The van der Waals surface area contributed by atoms with Gasteiger partial charge >= 0.3 is 0 Å². The molecule has 0 fully saturated rings. The van der Waals surface area contributed by atoms with Gasteiger partial charge in [-0.15, -0.1) is 0 Å². The maximum atomic E-state index is 13.7. The molecule has 0 N–H and O–H groups in total. The molecule has 0 radical (unpaired) electrons. The van der Waals surface area contributed by atoms with Crippen LogP contribution in [0.5, 0.6) is 11.5 Å². The smallest absolute Gasteiger partial charge is 0.254 e. The molecule has 0 aliphatic carbocycles. The summed E-state index contributed by atoms with van der Waals surface area (Å²) in [4.78, 5) is 41.3. The van der Waals surface area contributed by atoms with Gasteiger partial charge in [0.15, 0.2) is 23.3 Å². The monoisotopic (exact) mass is 466 g/mol. The summed E-state index contributed by atoms with van der Waals surface area (Å²) in [6.07, 6.45) is 2.05. The first-order valence-electron chi connectivity index (χ1n) is 10.4. The molecule has 0 saturated heterocycles. The van der Waals surface area contributed by atoms with Crippen LogP contribution >= 0.6 is 11.6 Å². The van der Waals surface area contributed by atoms with Crippen molar-refractivity contribution in [3.05, 3.63) is 92.9 Å². The second-order valence-electron chi connectivity index (χ2n) is 7.71. The number of rotatable bonds is 6. The zero-order valence-electron chi connectivity index (χ0n) is 18.3. The minimum absolute atomic E-state index is 0.292. The molecule has 1 amide bonds. The van der Waals surface area contributed by atoms with E-state index in [4.69, 9.17) is 21.1 Å². The van der Waals surface area contributed by atoms with Gasteiger partial charge < -0.3 is 14.4 Å². The number of halogens is 1. The van der Waals surface area contributed by atoms with Crippen molar-refractivity contribution in [3.63, 3.8) is 0 Å². The first-order valence-corrected chi connectivity index (χ1v) is 10.8. The lowest BCUT2D eigenvalue weighted by Crippen LogP contribution is -2.45. The van der Waals surface area contributed by atoms with Crippen molar-refractivity contribution in [2.24, 2.45) is 0 Å². The quantitative estimate of drug-likeness (QED) is 0.410.